The van der Waals surface area contributed by atoms with E-state index in [0.29, 0.717) is 45.0 Å². The lowest BCUT2D eigenvalue weighted by molar-refractivity contribution is 0.102. The zero-order valence-corrected chi connectivity index (χ0v) is 23.1. The van der Waals surface area contributed by atoms with Crippen molar-refractivity contribution in [3.63, 3.8) is 0 Å². The van der Waals surface area contributed by atoms with E-state index in [9.17, 15) is 9.59 Å². The fourth-order valence-corrected chi connectivity index (χ4v) is 5.21. The average molecular weight is 565 g/mol. The van der Waals surface area contributed by atoms with E-state index in [1.54, 1.807) is 31.5 Å². The van der Waals surface area contributed by atoms with Gasteiger partial charge in [-0.15, -0.1) is 0 Å². The maximum atomic E-state index is 12.8. The SMILES string of the molecule is COc1nc(-c2cccc(-c3cccc(NC(=O)c4ccnn(C)c4=O)c3Cl)c2Cl)ncc1CN1CC(C)C1. The van der Waals surface area contributed by atoms with E-state index < -0.39 is 11.5 Å². The van der Waals surface area contributed by atoms with E-state index in [2.05, 4.69) is 32.2 Å². The number of nitrogens with zero attached hydrogens (tertiary/aromatic N) is 5. The van der Waals surface area contributed by atoms with E-state index in [0.717, 1.165) is 29.9 Å². The molecule has 2 aromatic carbocycles. The van der Waals surface area contributed by atoms with Gasteiger partial charge in [-0.2, -0.15) is 10.1 Å². The molecule has 0 atom stereocenters. The molecule has 5 rings (SSSR count). The maximum Gasteiger partial charge on any atom is 0.279 e. The van der Waals surface area contributed by atoms with Gasteiger partial charge in [-0.05, 0) is 24.1 Å². The minimum Gasteiger partial charge on any atom is -0.481 e. The molecule has 1 saturated heterocycles. The van der Waals surface area contributed by atoms with Gasteiger partial charge in [0.05, 0.1) is 22.8 Å². The number of nitrogens with one attached hydrogen (secondary N) is 1. The van der Waals surface area contributed by atoms with Gasteiger partial charge in [0.1, 0.15) is 5.56 Å². The maximum absolute atomic E-state index is 12.8. The monoisotopic (exact) mass is 564 g/mol. The Morgan fingerprint density at radius 1 is 1.08 bits per heavy atom. The number of carbonyl (C=O) groups is 1. The molecule has 1 aliphatic heterocycles. The Balaban J connectivity index is 1.45. The molecular weight excluding hydrogens is 539 g/mol. The summed E-state index contributed by atoms with van der Waals surface area (Å²) < 4.78 is 6.66. The molecule has 0 radical (unpaired) electrons. The molecule has 0 aliphatic carbocycles. The topological polar surface area (TPSA) is 102 Å². The Morgan fingerprint density at radius 3 is 2.49 bits per heavy atom. The first-order chi connectivity index (χ1) is 18.8. The van der Waals surface area contributed by atoms with Gasteiger partial charge in [0.2, 0.25) is 5.88 Å². The molecule has 1 aliphatic rings. The van der Waals surface area contributed by atoms with Crippen LogP contribution in [-0.4, -0.2) is 50.8 Å². The van der Waals surface area contributed by atoms with Crippen molar-refractivity contribution in [1.82, 2.24) is 24.6 Å². The molecule has 0 unspecified atom stereocenters. The fraction of sp³-hybridized carbons (Fsp3) is 0.250. The van der Waals surface area contributed by atoms with Crippen molar-refractivity contribution in [3.05, 3.63) is 86.4 Å². The van der Waals surface area contributed by atoms with Crippen LogP contribution in [0.2, 0.25) is 10.0 Å². The first-order valence-corrected chi connectivity index (χ1v) is 13.1. The molecule has 1 amide bonds. The highest BCUT2D eigenvalue weighted by Gasteiger charge is 2.24. The summed E-state index contributed by atoms with van der Waals surface area (Å²) in [6.07, 6.45) is 3.16. The molecule has 1 N–H and O–H groups in total. The van der Waals surface area contributed by atoms with E-state index in [1.165, 1.54) is 19.3 Å². The molecule has 0 saturated carbocycles. The van der Waals surface area contributed by atoms with E-state index >= 15 is 0 Å². The minimum atomic E-state index is -0.592. The Labute approximate surface area is 235 Å². The van der Waals surface area contributed by atoms with Crippen LogP contribution in [0.5, 0.6) is 5.88 Å². The van der Waals surface area contributed by atoms with Crippen LogP contribution in [0, 0.1) is 5.92 Å². The van der Waals surface area contributed by atoms with Crippen LogP contribution >= 0.6 is 23.2 Å². The molecule has 4 aromatic rings. The average Bonchev–Trinajstić information content (AvgIpc) is 2.91. The number of methoxy groups -OCH3 is 1. The number of hydrogen-bond donors (Lipinski definition) is 1. The highest BCUT2D eigenvalue weighted by atomic mass is 35.5. The van der Waals surface area contributed by atoms with Crippen molar-refractivity contribution in [2.24, 2.45) is 13.0 Å². The molecule has 11 heteroatoms. The summed E-state index contributed by atoms with van der Waals surface area (Å²) >= 11 is 13.6. The van der Waals surface area contributed by atoms with Crippen molar-refractivity contribution in [2.75, 3.05) is 25.5 Å². The van der Waals surface area contributed by atoms with Gasteiger partial charge in [-0.3, -0.25) is 14.5 Å². The Kier molecular flexibility index (Phi) is 7.65. The van der Waals surface area contributed by atoms with Crippen molar-refractivity contribution >= 4 is 34.8 Å². The standard InChI is InChI=1S/C28H26Cl2N6O3/c1-16-13-36(14-16)15-17-12-31-25(34-27(17)39-3)20-8-4-6-18(23(20)29)19-7-5-9-22(24(19)30)33-26(37)21-10-11-32-35(2)28(21)38/h4-12,16H,13-15H2,1-3H3,(H,33,37). The third-order valence-corrected chi connectivity index (χ3v) is 7.39. The first kappa shape index (κ1) is 26.8. The van der Waals surface area contributed by atoms with Crippen LogP contribution in [0.25, 0.3) is 22.5 Å². The van der Waals surface area contributed by atoms with Gasteiger partial charge in [-0.25, -0.2) is 9.67 Å². The minimum absolute atomic E-state index is 0.0489. The molecule has 2 aromatic heterocycles. The third-order valence-electron chi connectivity index (χ3n) is 6.58. The summed E-state index contributed by atoms with van der Waals surface area (Å²) in [5.74, 6) is 1.03. The van der Waals surface area contributed by atoms with Crippen LogP contribution in [0.15, 0.2) is 59.7 Å². The number of ether oxygens (including phenoxy) is 1. The number of hydrogen-bond acceptors (Lipinski definition) is 7. The van der Waals surface area contributed by atoms with Crippen LogP contribution < -0.4 is 15.6 Å². The summed E-state index contributed by atoms with van der Waals surface area (Å²) in [6, 6.07) is 12.1. The molecule has 0 spiro atoms. The van der Waals surface area contributed by atoms with E-state index in [4.69, 9.17) is 27.9 Å². The predicted octanol–water partition coefficient (Wildman–Crippen LogP) is 4.92. The largest absolute Gasteiger partial charge is 0.481 e. The van der Waals surface area contributed by atoms with Gasteiger partial charge in [0.25, 0.3) is 11.5 Å². The van der Waals surface area contributed by atoms with Crippen molar-refractivity contribution in [3.8, 4) is 28.4 Å². The summed E-state index contributed by atoms with van der Waals surface area (Å²) in [5.41, 5.74) is 2.53. The van der Waals surface area contributed by atoms with Crippen LogP contribution in [0.1, 0.15) is 22.8 Å². The summed E-state index contributed by atoms with van der Waals surface area (Å²) in [4.78, 5) is 36.7. The lowest BCUT2D eigenvalue weighted by atomic mass is 10.0. The molecule has 200 valence electrons. The lowest BCUT2D eigenvalue weighted by Crippen LogP contribution is -2.44. The zero-order chi connectivity index (χ0) is 27.7. The number of rotatable bonds is 7. The molecular formula is C28H26Cl2N6O3. The quantitative estimate of drug-likeness (QED) is 0.339. The van der Waals surface area contributed by atoms with Gasteiger partial charge in [-0.1, -0.05) is 54.4 Å². The highest BCUT2D eigenvalue weighted by Crippen LogP contribution is 2.41. The lowest BCUT2D eigenvalue weighted by Gasteiger charge is -2.37. The smallest absolute Gasteiger partial charge is 0.279 e. The van der Waals surface area contributed by atoms with Gasteiger partial charge < -0.3 is 10.1 Å². The van der Waals surface area contributed by atoms with E-state index in [1.807, 2.05) is 18.2 Å². The Bertz CT molecular complexity index is 1620. The van der Waals surface area contributed by atoms with Crippen LogP contribution in [-0.2, 0) is 13.6 Å². The van der Waals surface area contributed by atoms with Crippen LogP contribution in [0.3, 0.4) is 0 Å². The second kappa shape index (κ2) is 11.1. The number of carbonyl (C=O) groups excluding carboxylic acids is 1. The number of amides is 1. The number of anilines is 1. The first-order valence-electron chi connectivity index (χ1n) is 12.3. The van der Waals surface area contributed by atoms with Gasteiger partial charge >= 0.3 is 0 Å². The number of halogens is 2. The van der Waals surface area contributed by atoms with Crippen molar-refractivity contribution in [2.45, 2.75) is 13.5 Å². The van der Waals surface area contributed by atoms with E-state index in [-0.39, 0.29) is 10.6 Å². The number of aromatic nitrogens is 4. The number of benzene rings is 2. The van der Waals surface area contributed by atoms with Crippen molar-refractivity contribution in [1.29, 1.82) is 0 Å². The second-order valence-electron chi connectivity index (χ2n) is 9.49. The number of aryl methyl sites for hydroxylation is 1. The highest BCUT2D eigenvalue weighted by molar-refractivity contribution is 6.39. The normalized spacial score (nSPS) is 13.7. The molecule has 9 nitrogen and oxygen atoms in total. The van der Waals surface area contributed by atoms with Crippen LogP contribution in [0.4, 0.5) is 5.69 Å². The Morgan fingerprint density at radius 2 is 1.77 bits per heavy atom. The molecule has 1 fully saturated rings. The molecule has 3 heterocycles. The Hall–Kier alpha value is -3.79. The summed E-state index contributed by atoms with van der Waals surface area (Å²) in [5, 5.41) is 7.23. The van der Waals surface area contributed by atoms with Gasteiger partial charge in [0.15, 0.2) is 5.82 Å². The summed E-state index contributed by atoms with van der Waals surface area (Å²) in [6.45, 7) is 5.03. The third kappa shape index (κ3) is 5.38. The molecule has 0 bridgehead atoms. The summed E-state index contributed by atoms with van der Waals surface area (Å²) in [7, 11) is 3.06. The van der Waals surface area contributed by atoms with Gasteiger partial charge in [0, 0.05) is 61.3 Å². The number of likely N-dealkylation sites (tertiary alicyclic amines) is 1. The zero-order valence-electron chi connectivity index (χ0n) is 21.6. The predicted molar refractivity (Wildman–Crippen MR) is 151 cm³/mol. The molecule has 39 heavy (non-hydrogen) atoms. The fourth-order valence-electron chi connectivity index (χ4n) is 4.62. The van der Waals surface area contributed by atoms with Crippen molar-refractivity contribution < 1.29 is 9.53 Å². The second-order valence-corrected chi connectivity index (χ2v) is 10.2.